The summed E-state index contributed by atoms with van der Waals surface area (Å²) in [6.45, 7) is 0.0772. The molecule has 1 rings (SSSR count). The summed E-state index contributed by atoms with van der Waals surface area (Å²) >= 11 is 8.16. The molecule has 0 spiro atoms. The van der Waals surface area contributed by atoms with Gasteiger partial charge in [0.2, 0.25) is 0 Å². The number of methoxy groups -OCH3 is 1. The van der Waals surface area contributed by atoms with Gasteiger partial charge in [0.15, 0.2) is 11.5 Å². The minimum atomic E-state index is 0.00865. The summed E-state index contributed by atoms with van der Waals surface area (Å²) in [6, 6.07) is 5.42. The van der Waals surface area contributed by atoms with Crippen molar-refractivity contribution < 1.29 is 9.47 Å². The SMILES string of the molecule is C#CCOc1c(/C=C(\C#N)C(N)=S)cc(Br)cc1OC. The topological polar surface area (TPSA) is 68.3 Å². The molecule has 2 N–H and O–H groups in total. The Hall–Kier alpha value is -2.02. The molecule has 20 heavy (non-hydrogen) atoms. The Morgan fingerprint density at radius 2 is 2.30 bits per heavy atom. The number of hydrogen-bond acceptors (Lipinski definition) is 4. The third-order valence-corrected chi connectivity index (χ3v) is 2.93. The summed E-state index contributed by atoms with van der Waals surface area (Å²) in [5.41, 5.74) is 6.24. The number of terminal acetylenes is 1. The van der Waals surface area contributed by atoms with Gasteiger partial charge in [0.1, 0.15) is 17.7 Å². The molecular weight excluding hydrogens is 340 g/mol. The molecule has 102 valence electrons. The summed E-state index contributed by atoms with van der Waals surface area (Å²) in [5.74, 6) is 3.29. The van der Waals surface area contributed by atoms with Gasteiger partial charge >= 0.3 is 0 Å². The van der Waals surface area contributed by atoms with Crippen molar-refractivity contribution in [1.82, 2.24) is 0 Å². The minimum absolute atomic E-state index is 0.00865. The fraction of sp³-hybridized carbons (Fsp3) is 0.143. The highest BCUT2D eigenvalue weighted by atomic mass is 79.9. The number of benzene rings is 1. The van der Waals surface area contributed by atoms with Gasteiger partial charge in [-0.1, -0.05) is 34.1 Å². The number of rotatable bonds is 5. The predicted octanol–water partition coefficient (Wildman–Crippen LogP) is 2.66. The molecular formula is C14H11BrN2O2S. The number of thiocarbonyl (C=S) groups is 1. The van der Waals surface area contributed by atoms with Gasteiger partial charge in [-0.3, -0.25) is 0 Å². The van der Waals surface area contributed by atoms with E-state index in [1.165, 1.54) is 13.2 Å². The summed E-state index contributed by atoms with van der Waals surface area (Å²) in [4.78, 5) is 0.00865. The molecule has 0 aliphatic rings. The van der Waals surface area contributed by atoms with E-state index >= 15 is 0 Å². The molecule has 0 fully saturated rings. The van der Waals surface area contributed by atoms with Crippen LogP contribution in [0.2, 0.25) is 0 Å². The number of hydrogen-bond donors (Lipinski definition) is 1. The van der Waals surface area contributed by atoms with E-state index < -0.39 is 0 Å². The van der Waals surface area contributed by atoms with Gasteiger partial charge in [-0.2, -0.15) is 5.26 Å². The normalized spacial score (nSPS) is 10.3. The van der Waals surface area contributed by atoms with Crippen LogP contribution in [0.25, 0.3) is 6.08 Å². The maximum atomic E-state index is 9.02. The number of nitriles is 1. The van der Waals surface area contributed by atoms with Crippen molar-refractivity contribution in [2.75, 3.05) is 13.7 Å². The van der Waals surface area contributed by atoms with E-state index in [2.05, 4.69) is 21.9 Å². The molecule has 0 saturated carbocycles. The zero-order valence-electron chi connectivity index (χ0n) is 10.6. The van der Waals surface area contributed by atoms with E-state index in [-0.39, 0.29) is 17.2 Å². The van der Waals surface area contributed by atoms with Crippen molar-refractivity contribution in [2.24, 2.45) is 5.73 Å². The Morgan fingerprint density at radius 1 is 1.60 bits per heavy atom. The average molecular weight is 351 g/mol. The van der Waals surface area contributed by atoms with Crippen LogP contribution in [0.15, 0.2) is 22.2 Å². The Kier molecular flexibility index (Phi) is 6.05. The van der Waals surface area contributed by atoms with E-state index in [0.717, 1.165) is 4.47 Å². The number of nitrogens with two attached hydrogens (primary N) is 1. The van der Waals surface area contributed by atoms with Crippen LogP contribution in [-0.4, -0.2) is 18.7 Å². The smallest absolute Gasteiger partial charge is 0.169 e. The molecule has 0 saturated heterocycles. The zero-order chi connectivity index (χ0) is 15.1. The minimum Gasteiger partial charge on any atom is -0.493 e. The van der Waals surface area contributed by atoms with Crippen molar-refractivity contribution in [3.05, 3.63) is 27.7 Å². The van der Waals surface area contributed by atoms with Crippen LogP contribution >= 0.6 is 28.1 Å². The van der Waals surface area contributed by atoms with Crippen LogP contribution in [-0.2, 0) is 0 Å². The second-order valence-corrected chi connectivity index (χ2v) is 4.91. The highest BCUT2D eigenvalue weighted by molar-refractivity contribution is 9.10. The predicted molar refractivity (Wildman–Crippen MR) is 85.4 cm³/mol. The van der Waals surface area contributed by atoms with Crippen molar-refractivity contribution >= 4 is 39.2 Å². The van der Waals surface area contributed by atoms with E-state index in [1.807, 2.05) is 6.07 Å². The first-order chi connectivity index (χ1) is 9.53. The van der Waals surface area contributed by atoms with Gasteiger partial charge in [0, 0.05) is 10.0 Å². The fourth-order valence-electron chi connectivity index (χ4n) is 1.43. The largest absolute Gasteiger partial charge is 0.493 e. The molecule has 0 aromatic heterocycles. The lowest BCUT2D eigenvalue weighted by molar-refractivity contribution is 0.330. The van der Waals surface area contributed by atoms with Crippen LogP contribution in [0.3, 0.4) is 0 Å². The third-order valence-electron chi connectivity index (χ3n) is 2.25. The Bertz CT molecular complexity index is 642. The lowest BCUT2D eigenvalue weighted by Crippen LogP contribution is -2.10. The third kappa shape index (κ3) is 3.99. The zero-order valence-corrected chi connectivity index (χ0v) is 13.0. The Labute approximate surface area is 131 Å². The van der Waals surface area contributed by atoms with E-state index in [0.29, 0.717) is 17.1 Å². The fourth-order valence-corrected chi connectivity index (χ4v) is 1.99. The van der Waals surface area contributed by atoms with Crippen LogP contribution in [0.1, 0.15) is 5.56 Å². The molecule has 0 radical (unpaired) electrons. The first kappa shape index (κ1) is 16.0. The molecule has 1 aromatic rings. The van der Waals surface area contributed by atoms with Gasteiger partial charge in [-0.05, 0) is 18.2 Å². The maximum absolute atomic E-state index is 9.02. The monoisotopic (exact) mass is 350 g/mol. The molecule has 0 aliphatic carbocycles. The summed E-state index contributed by atoms with van der Waals surface area (Å²) in [7, 11) is 1.51. The lowest BCUT2D eigenvalue weighted by atomic mass is 10.1. The second-order valence-electron chi connectivity index (χ2n) is 3.55. The first-order valence-electron chi connectivity index (χ1n) is 5.38. The van der Waals surface area contributed by atoms with Crippen LogP contribution < -0.4 is 15.2 Å². The molecule has 0 unspecified atom stereocenters. The second kappa shape index (κ2) is 7.54. The average Bonchev–Trinajstić information content (AvgIpc) is 2.42. The van der Waals surface area contributed by atoms with Gasteiger partial charge in [0.05, 0.1) is 12.7 Å². The summed E-state index contributed by atoms with van der Waals surface area (Å²) in [6.07, 6.45) is 6.72. The standard InChI is InChI=1S/C14H11BrN2O2S/c1-3-4-19-13-9(5-10(8-16)14(17)20)6-11(15)7-12(13)18-2/h1,5-7H,4H2,2H3,(H2,17,20)/b10-5+. The van der Waals surface area contributed by atoms with Gasteiger partial charge < -0.3 is 15.2 Å². The van der Waals surface area contributed by atoms with Gasteiger partial charge in [0.25, 0.3) is 0 Å². The van der Waals surface area contributed by atoms with Gasteiger partial charge in [-0.25, -0.2) is 0 Å². The number of nitrogens with zero attached hydrogens (tertiary/aromatic N) is 1. The van der Waals surface area contributed by atoms with Crippen LogP contribution in [0.5, 0.6) is 11.5 Å². The molecule has 0 bridgehead atoms. The van der Waals surface area contributed by atoms with Crippen LogP contribution in [0.4, 0.5) is 0 Å². The molecule has 0 heterocycles. The highest BCUT2D eigenvalue weighted by Gasteiger charge is 2.12. The quantitative estimate of drug-likeness (QED) is 0.382. The molecule has 1 aromatic carbocycles. The molecule has 0 aliphatic heterocycles. The lowest BCUT2D eigenvalue weighted by Gasteiger charge is -2.13. The molecule has 0 amide bonds. The maximum Gasteiger partial charge on any atom is 0.169 e. The van der Waals surface area contributed by atoms with Gasteiger partial charge in [-0.15, -0.1) is 6.42 Å². The van der Waals surface area contributed by atoms with E-state index in [9.17, 15) is 0 Å². The van der Waals surface area contributed by atoms with Crippen molar-refractivity contribution in [3.63, 3.8) is 0 Å². The van der Waals surface area contributed by atoms with Crippen molar-refractivity contribution in [1.29, 1.82) is 5.26 Å². The van der Waals surface area contributed by atoms with E-state index in [1.54, 1.807) is 12.1 Å². The Morgan fingerprint density at radius 3 is 2.80 bits per heavy atom. The first-order valence-corrected chi connectivity index (χ1v) is 6.59. The summed E-state index contributed by atoms with van der Waals surface area (Å²) < 4.78 is 11.5. The summed E-state index contributed by atoms with van der Waals surface area (Å²) in [5, 5.41) is 9.02. The number of ether oxygens (including phenoxy) is 2. The van der Waals surface area contributed by atoms with Crippen molar-refractivity contribution in [2.45, 2.75) is 0 Å². The van der Waals surface area contributed by atoms with Crippen molar-refractivity contribution in [3.8, 4) is 29.9 Å². The Balaban J connectivity index is 3.44. The molecule has 0 atom stereocenters. The van der Waals surface area contributed by atoms with E-state index in [4.69, 9.17) is 39.1 Å². The molecule has 4 nitrogen and oxygen atoms in total. The number of halogens is 1. The van der Waals surface area contributed by atoms with Crippen LogP contribution in [0, 0.1) is 23.7 Å². The highest BCUT2D eigenvalue weighted by Crippen LogP contribution is 2.36. The molecule has 6 heteroatoms.